The Labute approximate surface area is 318 Å². The minimum absolute atomic E-state index is 0.0501. The number of allylic oxidation sites excluding steroid dienone is 1. The Bertz CT molecular complexity index is 1910. The molecule has 6 amide bonds. The summed E-state index contributed by atoms with van der Waals surface area (Å²) < 4.78 is 53.5. The molecule has 1 saturated heterocycles. The molecule has 3 fully saturated rings. The van der Waals surface area contributed by atoms with Crippen molar-refractivity contribution in [1.82, 2.24) is 30.1 Å². The number of sulfonamides is 1. The molecule has 0 radical (unpaired) electrons. The molecule has 2 saturated carbocycles. The zero-order valence-corrected chi connectivity index (χ0v) is 31.9. The van der Waals surface area contributed by atoms with E-state index in [2.05, 4.69) is 21.9 Å². The second-order valence-corrected chi connectivity index (χ2v) is 17.6. The van der Waals surface area contributed by atoms with Crippen LogP contribution in [0, 0.1) is 11.7 Å². The van der Waals surface area contributed by atoms with Crippen LogP contribution in [0.5, 0.6) is 0 Å². The molecule has 1 unspecified atom stereocenters. The van der Waals surface area contributed by atoms with Crippen LogP contribution in [-0.4, -0.2) is 113 Å². The van der Waals surface area contributed by atoms with Crippen LogP contribution in [0.4, 0.5) is 14.0 Å². The molecule has 6 rings (SSSR count). The lowest BCUT2D eigenvalue weighted by Crippen LogP contribution is -2.60. The SMILES string of the molecule is C=CC(=O)N1CCC/C=C\[C@H]2C[C@@]2(C(=O)NS(=O)(=O)C2CC2)NC(=O)[C@@H]2CC(OC(=O)N3Cc4cccc(F)c4C3)CN2C(=O)[C@@H](NC(=O)OC(C)(C)C)C1. The highest BCUT2D eigenvalue weighted by molar-refractivity contribution is 7.91. The summed E-state index contributed by atoms with van der Waals surface area (Å²) in [6, 6.07) is 1.71. The van der Waals surface area contributed by atoms with Crippen molar-refractivity contribution in [2.75, 3.05) is 19.6 Å². The number of carbonyl (C=O) groups excluding carboxylic acids is 6. The van der Waals surface area contributed by atoms with Crippen LogP contribution < -0.4 is 15.4 Å². The first-order chi connectivity index (χ1) is 25.9. The van der Waals surface area contributed by atoms with E-state index in [0.29, 0.717) is 36.8 Å². The van der Waals surface area contributed by atoms with E-state index in [0.717, 1.165) is 11.0 Å². The number of nitrogens with one attached hydrogen (secondary N) is 3. The molecule has 16 nitrogen and oxygen atoms in total. The van der Waals surface area contributed by atoms with Gasteiger partial charge >= 0.3 is 12.2 Å². The summed E-state index contributed by atoms with van der Waals surface area (Å²) in [6.45, 7) is 7.99. The van der Waals surface area contributed by atoms with Crippen LogP contribution in [0.25, 0.3) is 0 Å². The molecular weight excluding hydrogens is 740 g/mol. The lowest BCUT2D eigenvalue weighted by atomic mass is 10.1. The highest BCUT2D eigenvalue weighted by atomic mass is 32.2. The van der Waals surface area contributed by atoms with E-state index in [1.165, 1.54) is 21.9 Å². The Morgan fingerprint density at radius 3 is 2.51 bits per heavy atom. The summed E-state index contributed by atoms with van der Waals surface area (Å²) >= 11 is 0. The Hall–Kier alpha value is -5.00. The highest BCUT2D eigenvalue weighted by Gasteiger charge is 2.62. The van der Waals surface area contributed by atoms with Gasteiger partial charge in [0.2, 0.25) is 27.7 Å². The zero-order valence-electron chi connectivity index (χ0n) is 31.0. The Balaban J connectivity index is 1.31. The van der Waals surface area contributed by atoms with Crippen molar-refractivity contribution in [2.24, 2.45) is 5.92 Å². The lowest BCUT2D eigenvalue weighted by Gasteiger charge is -2.32. The lowest BCUT2D eigenvalue weighted by molar-refractivity contribution is -0.142. The molecule has 3 N–H and O–H groups in total. The molecule has 5 aliphatic rings. The van der Waals surface area contributed by atoms with Gasteiger partial charge in [0.1, 0.15) is 35.1 Å². The summed E-state index contributed by atoms with van der Waals surface area (Å²) in [6.07, 6.45) is 3.24. The van der Waals surface area contributed by atoms with E-state index in [-0.39, 0.29) is 45.6 Å². The maximum atomic E-state index is 14.6. The molecule has 3 aliphatic heterocycles. The molecule has 1 aromatic carbocycles. The van der Waals surface area contributed by atoms with E-state index >= 15 is 0 Å². The number of alkyl carbamates (subject to hydrolysis) is 1. The van der Waals surface area contributed by atoms with Crippen LogP contribution in [-0.2, 0) is 51.8 Å². The van der Waals surface area contributed by atoms with Gasteiger partial charge in [-0.2, -0.15) is 0 Å². The highest BCUT2D eigenvalue weighted by Crippen LogP contribution is 2.46. The first kappa shape index (κ1) is 39.7. The molecular formula is C37H47FN6O10S. The molecule has 18 heteroatoms. The quantitative estimate of drug-likeness (QED) is 0.283. The molecule has 0 spiro atoms. The Kier molecular flexibility index (Phi) is 11.0. The van der Waals surface area contributed by atoms with Crippen LogP contribution in [0.3, 0.4) is 0 Å². The van der Waals surface area contributed by atoms with Gasteiger partial charge in [-0.15, -0.1) is 0 Å². The molecule has 0 bridgehead atoms. The number of carbonyl (C=O) groups is 6. The van der Waals surface area contributed by atoms with E-state index in [1.807, 2.05) is 0 Å². The van der Waals surface area contributed by atoms with Gasteiger partial charge in [0.05, 0.1) is 24.9 Å². The predicted octanol–water partition coefficient (Wildman–Crippen LogP) is 1.99. The van der Waals surface area contributed by atoms with Gasteiger partial charge in [-0.05, 0) is 70.6 Å². The van der Waals surface area contributed by atoms with Gasteiger partial charge in [-0.1, -0.05) is 30.9 Å². The number of hydrogen-bond donors (Lipinski definition) is 3. The first-order valence-corrected chi connectivity index (χ1v) is 19.9. The predicted molar refractivity (Wildman–Crippen MR) is 193 cm³/mol. The van der Waals surface area contributed by atoms with E-state index in [9.17, 15) is 41.6 Å². The van der Waals surface area contributed by atoms with E-state index < -0.39 is 92.2 Å². The maximum Gasteiger partial charge on any atom is 0.410 e. The fourth-order valence-corrected chi connectivity index (χ4v) is 8.57. The van der Waals surface area contributed by atoms with Crippen LogP contribution in [0.2, 0.25) is 0 Å². The molecule has 5 atom stereocenters. The number of hydrogen-bond acceptors (Lipinski definition) is 10. The summed E-state index contributed by atoms with van der Waals surface area (Å²) in [7, 11) is -3.98. The zero-order chi connectivity index (χ0) is 39.9. The van der Waals surface area contributed by atoms with Gasteiger partial charge in [0, 0.05) is 31.0 Å². The monoisotopic (exact) mass is 786 g/mol. The number of ether oxygens (including phenoxy) is 2. The third-order valence-electron chi connectivity index (χ3n) is 10.3. The fourth-order valence-electron chi connectivity index (χ4n) is 7.21. The van der Waals surface area contributed by atoms with E-state index in [1.54, 1.807) is 39.0 Å². The van der Waals surface area contributed by atoms with Gasteiger partial charge < -0.3 is 29.9 Å². The molecule has 0 aromatic heterocycles. The van der Waals surface area contributed by atoms with Crippen molar-refractivity contribution >= 4 is 45.8 Å². The standard InChI is InChI=1S/C37H47FN6O10S/c1-5-30(45)42-15-8-6-7-11-23-17-37(23,33(48)41-55(51,52)25-13-14-25)40-31(46)29-16-24(53-35(50)43-18-22-10-9-12-27(38)26(22)20-43)19-44(29)32(47)28(21-42)39-34(49)54-36(2,3)4/h5,7,9-12,23-25,28-29H,1,6,8,13-21H2,2-4H3,(H,39,49)(H,40,46)(H,41,48)/b11-7-/t23-,24?,28-,29-,37+/m0/s1. The van der Waals surface area contributed by atoms with Gasteiger partial charge in [0.25, 0.3) is 5.91 Å². The molecule has 298 valence electrons. The maximum absolute atomic E-state index is 14.6. The van der Waals surface area contributed by atoms with Gasteiger partial charge in [-0.25, -0.2) is 22.4 Å². The summed E-state index contributed by atoms with van der Waals surface area (Å²) in [5, 5.41) is 4.58. The smallest absolute Gasteiger partial charge is 0.410 e. The van der Waals surface area contributed by atoms with Crippen molar-refractivity contribution in [1.29, 1.82) is 0 Å². The topological polar surface area (TPSA) is 201 Å². The van der Waals surface area contributed by atoms with E-state index in [4.69, 9.17) is 9.47 Å². The number of halogens is 1. The third-order valence-corrected chi connectivity index (χ3v) is 12.1. The summed E-state index contributed by atoms with van der Waals surface area (Å²) in [4.78, 5) is 85.8. The average Bonchev–Trinajstić information content (AvgIpc) is 3.99. The second-order valence-electron chi connectivity index (χ2n) is 15.7. The molecule has 2 aliphatic carbocycles. The fraction of sp³-hybridized carbons (Fsp3) is 0.568. The summed E-state index contributed by atoms with van der Waals surface area (Å²) in [5.41, 5.74) is -1.64. The number of amides is 6. The Morgan fingerprint density at radius 1 is 1.09 bits per heavy atom. The second kappa shape index (κ2) is 15.3. The molecule has 55 heavy (non-hydrogen) atoms. The molecule has 1 aromatic rings. The van der Waals surface area contributed by atoms with Crippen LogP contribution in [0.1, 0.15) is 70.4 Å². The van der Waals surface area contributed by atoms with Crippen molar-refractivity contribution in [2.45, 2.75) is 107 Å². The number of benzene rings is 1. The minimum Gasteiger partial charge on any atom is -0.444 e. The van der Waals surface area contributed by atoms with Gasteiger partial charge in [0.15, 0.2) is 0 Å². The van der Waals surface area contributed by atoms with Gasteiger partial charge in [-0.3, -0.25) is 28.8 Å². The number of rotatable bonds is 6. The summed E-state index contributed by atoms with van der Waals surface area (Å²) in [5.74, 6) is -4.10. The van der Waals surface area contributed by atoms with Crippen molar-refractivity contribution in [3.05, 3.63) is 60.0 Å². The van der Waals surface area contributed by atoms with Crippen molar-refractivity contribution in [3.63, 3.8) is 0 Å². The third kappa shape index (κ3) is 8.95. The van der Waals surface area contributed by atoms with Crippen molar-refractivity contribution in [3.8, 4) is 0 Å². The number of fused-ring (bicyclic) bond motifs is 3. The normalized spacial score (nSPS) is 27.6. The largest absolute Gasteiger partial charge is 0.444 e. The Morgan fingerprint density at radius 2 is 1.84 bits per heavy atom. The van der Waals surface area contributed by atoms with Crippen LogP contribution in [0.15, 0.2) is 43.0 Å². The van der Waals surface area contributed by atoms with Crippen molar-refractivity contribution < 1.29 is 51.0 Å². The first-order valence-electron chi connectivity index (χ1n) is 18.4. The average molecular weight is 787 g/mol. The minimum atomic E-state index is -3.98. The van der Waals surface area contributed by atoms with Crippen LogP contribution >= 0.6 is 0 Å². The number of nitrogens with zero attached hydrogens (tertiary/aromatic N) is 3. The molecule has 3 heterocycles.